The molecule has 1 fully saturated rings. The van der Waals surface area contributed by atoms with Crippen molar-refractivity contribution in [1.82, 2.24) is 9.88 Å². The van der Waals surface area contributed by atoms with Crippen LogP contribution in [0.5, 0.6) is 0 Å². The number of hydrogen-bond donors (Lipinski definition) is 1. The average molecular weight is 268 g/mol. The van der Waals surface area contributed by atoms with E-state index < -0.39 is 11.9 Å². The quantitative estimate of drug-likeness (QED) is 0.902. The molecule has 0 aliphatic heterocycles. The number of nitrogens with one attached hydrogen (secondary N) is 1. The lowest BCUT2D eigenvalue weighted by Crippen LogP contribution is -2.20. The minimum absolute atomic E-state index is 0.279. The molecule has 1 saturated carbocycles. The number of fused-ring (bicyclic) bond motifs is 1. The Kier molecular flexibility index (Phi) is 2.82. The Morgan fingerprint density at radius 3 is 2.58 bits per heavy atom. The van der Waals surface area contributed by atoms with E-state index in [0.717, 1.165) is 12.8 Å². The molecule has 0 saturated heterocycles. The van der Waals surface area contributed by atoms with Gasteiger partial charge in [0.1, 0.15) is 5.69 Å². The van der Waals surface area contributed by atoms with Crippen LogP contribution in [-0.2, 0) is 19.8 Å². The highest BCUT2D eigenvalue weighted by Crippen LogP contribution is 2.37. The summed E-state index contributed by atoms with van der Waals surface area (Å²) in [6.07, 6.45) is -2.20. The molecule has 0 atom stereocenters. The summed E-state index contributed by atoms with van der Waals surface area (Å²) in [7, 11) is 1.48. The molecule has 2 nitrogen and oxygen atoms in total. The third-order valence-electron chi connectivity index (χ3n) is 3.63. The van der Waals surface area contributed by atoms with E-state index in [-0.39, 0.29) is 6.54 Å². The summed E-state index contributed by atoms with van der Waals surface area (Å²) in [4.78, 5) is 0. The van der Waals surface area contributed by atoms with Crippen LogP contribution in [0.3, 0.4) is 0 Å². The standard InChI is InChI=1S/C14H15F3N2/c1-19-12-5-3-2-4-10(12)11(8-18-9-6-7-9)13(19)14(15,16)17/h2-5,9,18H,6-8H2,1H3. The van der Waals surface area contributed by atoms with Gasteiger partial charge in [-0.15, -0.1) is 0 Å². The molecule has 1 N–H and O–H groups in total. The van der Waals surface area contributed by atoms with Crippen LogP contribution in [0.2, 0.25) is 0 Å². The summed E-state index contributed by atoms with van der Waals surface area (Å²) in [5.74, 6) is 0. The van der Waals surface area contributed by atoms with Crippen LogP contribution in [0.4, 0.5) is 13.2 Å². The second kappa shape index (κ2) is 4.27. The fraction of sp³-hybridized carbons (Fsp3) is 0.429. The Morgan fingerprint density at radius 1 is 1.26 bits per heavy atom. The molecule has 1 aromatic heterocycles. The van der Waals surface area contributed by atoms with Gasteiger partial charge >= 0.3 is 6.18 Å². The normalized spacial score (nSPS) is 16.2. The molecule has 19 heavy (non-hydrogen) atoms. The minimum Gasteiger partial charge on any atom is -0.340 e. The van der Waals surface area contributed by atoms with Crippen molar-refractivity contribution >= 4 is 10.9 Å². The molecule has 2 aromatic rings. The van der Waals surface area contributed by atoms with Gasteiger partial charge in [-0.1, -0.05) is 18.2 Å². The van der Waals surface area contributed by atoms with Crippen LogP contribution in [0.25, 0.3) is 10.9 Å². The monoisotopic (exact) mass is 268 g/mol. The Morgan fingerprint density at radius 2 is 1.95 bits per heavy atom. The number of nitrogens with zero attached hydrogens (tertiary/aromatic N) is 1. The van der Waals surface area contributed by atoms with Crippen molar-refractivity contribution < 1.29 is 13.2 Å². The second-order valence-electron chi connectivity index (χ2n) is 5.06. The minimum atomic E-state index is -4.33. The van der Waals surface area contributed by atoms with Gasteiger partial charge in [0, 0.05) is 36.1 Å². The number of benzene rings is 1. The van der Waals surface area contributed by atoms with E-state index in [4.69, 9.17) is 0 Å². The lowest BCUT2D eigenvalue weighted by atomic mass is 10.1. The number of halogens is 3. The summed E-state index contributed by atoms with van der Waals surface area (Å²) in [6.45, 7) is 0.279. The van der Waals surface area contributed by atoms with Crippen molar-refractivity contribution in [1.29, 1.82) is 0 Å². The zero-order valence-electron chi connectivity index (χ0n) is 10.6. The predicted octanol–water partition coefficient (Wildman–Crippen LogP) is 3.45. The number of rotatable bonds is 3. The molecular formula is C14H15F3N2. The molecule has 102 valence electrons. The summed E-state index contributed by atoms with van der Waals surface area (Å²) in [5.41, 5.74) is 0.446. The number of aryl methyl sites for hydroxylation is 1. The molecule has 1 aliphatic carbocycles. The molecule has 3 rings (SSSR count). The first-order valence-corrected chi connectivity index (χ1v) is 6.35. The van der Waals surface area contributed by atoms with Crippen LogP contribution in [-0.4, -0.2) is 10.6 Å². The molecule has 0 unspecified atom stereocenters. The fourth-order valence-electron chi connectivity index (χ4n) is 2.55. The van der Waals surface area contributed by atoms with Crippen LogP contribution in [0.1, 0.15) is 24.1 Å². The van der Waals surface area contributed by atoms with Gasteiger partial charge in [-0.2, -0.15) is 13.2 Å². The number of hydrogen-bond acceptors (Lipinski definition) is 1. The van der Waals surface area contributed by atoms with Crippen molar-refractivity contribution in [2.45, 2.75) is 31.6 Å². The third-order valence-corrected chi connectivity index (χ3v) is 3.63. The van der Waals surface area contributed by atoms with E-state index in [1.807, 2.05) is 0 Å². The maximum absolute atomic E-state index is 13.2. The van der Waals surface area contributed by atoms with E-state index in [2.05, 4.69) is 5.32 Å². The molecule has 0 amide bonds. The van der Waals surface area contributed by atoms with Crippen LogP contribution < -0.4 is 5.32 Å². The molecular weight excluding hydrogens is 253 g/mol. The van der Waals surface area contributed by atoms with Crippen LogP contribution in [0, 0.1) is 0 Å². The third kappa shape index (κ3) is 2.23. The summed E-state index contributed by atoms with van der Waals surface area (Å²) < 4.78 is 41.0. The Bertz CT molecular complexity index is 609. The summed E-state index contributed by atoms with van der Waals surface area (Å²) in [6, 6.07) is 7.42. The zero-order valence-corrected chi connectivity index (χ0v) is 10.6. The number of aromatic nitrogens is 1. The van der Waals surface area contributed by atoms with Gasteiger partial charge in [-0.05, 0) is 18.9 Å². The van der Waals surface area contributed by atoms with Crippen molar-refractivity contribution in [2.75, 3.05) is 0 Å². The number of alkyl halides is 3. The summed E-state index contributed by atoms with van der Waals surface area (Å²) >= 11 is 0. The predicted molar refractivity (Wildman–Crippen MR) is 67.8 cm³/mol. The lowest BCUT2D eigenvalue weighted by Gasteiger charge is -2.12. The van der Waals surface area contributed by atoms with Gasteiger partial charge in [0.25, 0.3) is 0 Å². The smallest absolute Gasteiger partial charge is 0.340 e. The SMILES string of the molecule is Cn1c(C(F)(F)F)c(CNC2CC2)c2ccccc21. The summed E-state index contributed by atoms with van der Waals surface area (Å²) in [5, 5.41) is 3.86. The molecule has 5 heteroatoms. The molecule has 0 radical (unpaired) electrons. The molecule has 0 bridgehead atoms. The maximum Gasteiger partial charge on any atom is 0.431 e. The lowest BCUT2D eigenvalue weighted by molar-refractivity contribution is -0.143. The van der Waals surface area contributed by atoms with Crippen molar-refractivity contribution in [2.24, 2.45) is 7.05 Å². The van der Waals surface area contributed by atoms with Crippen LogP contribution >= 0.6 is 0 Å². The van der Waals surface area contributed by atoms with Gasteiger partial charge in [0.05, 0.1) is 0 Å². The highest BCUT2D eigenvalue weighted by Gasteiger charge is 2.38. The van der Waals surface area contributed by atoms with Gasteiger partial charge in [-0.3, -0.25) is 0 Å². The highest BCUT2D eigenvalue weighted by molar-refractivity contribution is 5.85. The first-order valence-electron chi connectivity index (χ1n) is 6.35. The van der Waals surface area contributed by atoms with Gasteiger partial charge in [0.2, 0.25) is 0 Å². The first kappa shape index (κ1) is 12.5. The van der Waals surface area contributed by atoms with Crippen molar-refractivity contribution in [3.63, 3.8) is 0 Å². The van der Waals surface area contributed by atoms with Gasteiger partial charge in [-0.25, -0.2) is 0 Å². The molecule has 1 aliphatic rings. The topological polar surface area (TPSA) is 17.0 Å². The Hall–Kier alpha value is -1.49. The second-order valence-corrected chi connectivity index (χ2v) is 5.06. The van der Waals surface area contributed by atoms with E-state index in [9.17, 15) is 13.2 Å². The largest absolute Gasteiger partial charge is 0.431 e. The van der Waals surface area contributed by atoms with E-state index in [1.165, 1.54) is 11.6 Å². The van der Waals surface area contributed by atoms with Crippen molar-refractivity contribution in [3.8, 4) is 0 Å². The Labute approximate surface area is 109 Å². The fourth-order valence-corrected chi connectivity index (χ4v) is 2.55. The zero-order chi connectivity index (χ0) is 13.6. The average Bonchev–Trinajstić information content (AvgIpc) is 3.12. The maximum atomic E-state index is 13.2. The molecule has 1 heterocycles. The van der Waals surface area contributed by atoms with E-state index >= 15 is 0 Å². The molecule has 1 aromatic carbocycles. The molecule has 0 spiro atoms. The van der Waals surface area contributed by atoms with Crippen molar-refractivity contribution in [3.05, 3.63) is 35.5 Å². The van der Waals surface area contributed by atoms with E-state index in [0.29, 0.717) is 22.5 Å². The van der Waals surface area contributed by atoms with Crippen LogP contribution in [0.15, 0.2) is 24.3 Å². The Balaban J connectivity index is 2.13. The number of para-hydroxylation sites is 1. The highest BCUT2D eigenvalue weighted by atomic mass is 19.4. The van der Waals surface area contributed by atoms with Gasteiger partial charge in [0.15, 0.2) is 0 Å². The first-order chi connectivity index (χ1) is 8.98. The van der Waals surface area contributed by atoms with E-state index in [1.54, 1.807) is 24.3 Å². The van der Waals surface area contributed by atoms with Gasteiger partial charge < -0.3 is 9.88 Å².